The number of hydrogen-bond acceptors (Lipinski definition) is 7. The van der Waals surface area contributed by atoms with Crippen LogP contribution >= 0.6 is 0 Å². The smallest absolute Gasteiger partial charge is 0.169 e. The van der Waals surface area contributed by atoms with Crippen LogP contribution in [0.15, 0.2) is 30.6 Å². The minimum atomic E-state index is 0.437. The summed E-state index contributed by atoms with van der Waals surface area (Å²) >= 11 is 0. The van der Waals surface area contributed by atoms with Crippen LogP contribution in [0, 0.1) is 0 Å². The number of rotatable bonds is 5. The molecule has 20 heavy (non-hydrogen) atoms. The van der Waals surface area contributed by atoms with E-state index in [4.69, 9.17) is 10.5 Å². The van der Waals surface area contributed by atoms with Crippen molar-refractivity contribution in [2.24, 2.45) is 0 Å². The molecule has 0 fully saturated rings. The Hall–Kier alpha value is -2.54. The van der Waals surface area contributed by atoms with Gasteiger partial charge in [0.1, 0.15) is 17.8 Å². The molecule has 0 saturated carbocycles. The molecule has 4 N–H and O–H groups in total. The summed E-state index contributed by atoms with van der Waals surface area (Å²) in [6.07, 6.45) is 1.44. The molecule has 1 aromatic heterocycles. The van der Waals surface area contributed by atoms with E-state index in [-0.39, 0.29) is 0 Å². The van der Waals surface area contributed by atoms with E-state index in [2.05, 4.69) is 20.7 Å². The Bertz CT molecular complexity index is 587. The summed E-state index contributed by atoms with van der Waals surface area (Å²) < 4.78 is 5.28. The molecule has 0 unspecified atom stereocenters. The standard InChI is InChI=1S/C13H18N6O/c1-19(2)18-13-11(14)12(15-8-16-13)17-9-6-4-5-7-10(9)20-3/h4-8H,14H2,1-3H3,(H2,15,16,17,18). The monoisotopic (exact) mass is 274 g/mol. The zero-order valence-electron chi connectivity index (χ0n) is 11.7. The molecule has 0 radical (unpaired) electrons. The first-order chi connectivity index (χ1) is 9.61. The molecule has 0 aliphatic heterocycles. The van der Waals surface area contributed by atoms with Crippen LogP contribution in [-0.2, 0) is 0 Å². The highest BCUT2D eigenvalue weighted by Gasteiger charge is 2.10. The molecule has 2 rings (SSSR count). The summed E-state index contributed by atoms with van der Waals surface area (Å²) in [6, 6.07) is 7.55. The Balaban J connectivity index is 2.29. The van der Waals surface area contributed by atoms with Crippen molar-refractivity contribution in [3.8, 4) is 5.75 Å². The quantitative estimate of drug-likeness (QED) is 0.715. The molecule has 106 valence electrons. The number of hydrazine groups is 1. The molecule has 0 aliphatic carbocycles. The first kappa shape index (κ1) is 13.9. The number of para-hydroxylation sites is 2. The van der Waals surface area contributed by atoms with Gasteiger partial charge in [-0.1, -0.05) is 12.1 Å². The van der Waals surface area contributed by atoms with Crippen molar-refractivity contribution in [2.45, 2.75) is 0 Å². The summed E-state index contributed by atoms with van der Waals surface area (Å²) in [5, 5.41) is 4.90. The third-order valence-corrected chi connectivity index (χ3v) is 2.57. The van der Waals surface area contributed by atoms with Crippen molar-refractivity contribution in [1.82, 2.24) is 15.0 Å². The number of methoxy groups -OCH3 is 1. The second-order valence-electron chi connectivity index (χ2n) is 4.32. The van der Waals surface area contributed by atoms with Gasteiger partial charge in [-0.25, -0.2) is 15.0 Å². The fourth-order valence-electron chi connectivity index (χ4n) is 1.67. The topological polar surface area (TPSA) is 88.3 Å². The Morgan fingerprint density at radius 1 is 1.15 bits per heavy atom. The second-order valence-corrected chi connectivity index (χ2v) is 4.32. The Morgan fingerprint density at radius 2 is 1.85 bits per heavy atom. The average molecular weight is 274 g/mol. The van der Waals surface area contributed by atoms with Gasteiger partial charge in [0.2, 0.25) is 0 Å². The molecule has 0 atom stereocenters. The fraction of sp³-hybridized carbons (Fsp3) is 0.231. The van der Waals surface area contributed by atoms with Gasteiger partial charge in [-0.3, -0.25) is 0 Å². The Labute approximate surface area is 117 Å². The van der Waals surface area contributed by atoms with Crippen LogP contribution in [0.1, 0.15) is 0 Å². The van der Waals surface area contributed by atoms with Gasteiger partial charge in [-0.05, 0) is 12.1 Å². The summed E-state index contributed by atoms with van der Waals surface area (Å²) in [7, 11) is 5.33. The van der Waals surface area contributed by atoms with Crippen LogP contribution < -0.4 is 21.2 Å². The Morgan fingerprint density at radius 3 is 2.55 bits per heavy atom. The van der Waals surface area contributed by atoms with Gasteiger partial charge in [0.15, 0.2) is 11.6 Å². The number of ether oxygens (including phenoxy) is 1. The van der Waals surface area contributed by atoms with Crippen LogP contribution in [0.5, 0.6) is 5.75 Å². The summed E-state index contributed by atoms with van der Waals surface area (Å²) in [4.78, 5) is 8.26. The van der Waals surface area contributed by atoms with Crippen molar-refractivity contribution in [2.75, 3.05) is 37.7 Å². The van der Waals surface area contributed by atoms with Crippen molar-refractivity contribution in [3.63, 3.8) is 0 Å². The number of nitrogens with one attached hydrogen (secondary N) is 2. The van der Waals surface area contributed by atoms with Crippen molar-refractivity contribution in [1.29, 1.82) is 0 Å². The Kier molecular flexibility index (Phi) is 4.21. The summed E-state index contributed by atoms with van der Waals surface area (Å²) in [5.74, 6) is 1.78. The predicted molar refractivity (Wildman–Crippen MR) is 80.0 cm³/mol. The number of hydrogen-bond donors (Lipinski definition) is 3. The molecule has 0 bridgehead atoms. The highest BCUT2D eigenvalue weighted by Crippen LogP contribution is 2.30. The normalized spacial score (nSPS) is 10.4. The lowest BCUT2D eigenvalue weighted by atomic mass is 10.3. The second kappa shape index (κ2) is 6.07. The number of nitrogen functional groups attached to an aromatic ring is 1. The zero-order valence-corrected chi connectivity index (χ0v) is 11.7. The highest BCUT2D eigenvalue weighted by atomic mass is 16.5. The predicted octanol–water partition coefficient (Wildman–Crippen LogP) is 1.70. The average Bonchev–Trinajstić information content (AvgIpc) is 2.43. The number of nitrogens with zero attached hydrogens (tertiary/aromatic N) is 3. The van der Waals surface area contributed by atoms with E-state index in [0.717, 1.165) is 5.69 Å². The number of anilines is 4. The van der Waals surface area contributed by atoms with Gasteiger partial charge in [-0.2, -0.15) is 0 Å². The lowest BCUT2D eigenvalue weighted by Gasteiger charge is -2.16. The summed E-state index contributed by atoms with van der Waals surface area (Å²) in [6.45, 7) is 0. The van der Waals surface area contributed by atoms with Crippen molar-refractivity contribution >= 4 is 23.0 Å². The van der Waals surface area contributed by atoms with E-state index in [0.29, 0.717) is 23.1 Å². The van der Waals surface area contributed by atoms with Gasteiger partial charge >= 0.3 is 0 Å². The van der Waals surface area contributed by atoms with Crippen LogP contribution in [0.2, 0.25) is 0 Å². The molecular weight excluding hydrogens is 256 g/mol. The summed E-state index contributed by atoms with van der Waals surface area (Å²) in [5.41, 5.74) is 10.3. The van der Waals surface area contributed by atoms with E-state index in [1.54, 1.807) is 12.1 Å². The molecular formula is C13H18N6O. The number of nitrogens with two attached hydrogens (primary N) is 1. The third-order valence-electron chi connectivity index (χ3n) is 2.57. The third kappa shape index (κ3) is 3.07. The maximum absolute atomic E-state index is 6.05. The minimum Gasteiger partial charge on any atom is -0.495 e. The lowest BCUT2D eigenvalue weighted by Crippen LogP contribution is -2.21. The maximum Gasteiger partial charge on any atom is 0.169 e. The molecule has 2 aromatic rings. The first-order valence-corrected chi connectivity index (χ1v) is 6.06. The molecule has 0 saturated heterocycles. The number of aromatic nitrogens is 2. The molecule has 0 aliphatic rings. The van der Waals surface area contributed by atoms with E-state index >= 15 is 0 Å². The van der Waals surface area contributed by atoms with Crippen LogP contribution in [-0.4, -0.2) is 36.2 Å². The molecule has 7 nitrogen and oxygen atoms in total. The molecule has 1 aromatic carbocycles. The van der Waals surface area contributed by atoms with Gasteiger partial charge in [0, 0.05) is 14.1 Å². The van der Waals surface area contributed by atoms with Crippen LogP contribution in [0.25, 0.3) is 0 Å². The fourth-order valence-corrected chi connectivity index (χ4v) is 1.67. The van der Waals surface area contributed by atoms with Gasteiger partial charge < -0.3 is 21.2 Å². The van der Waals surface area contributed by atoms with E-state index < -0.39 is 0 Å². The molecule has 0 amide bonds. The van der Waals surface area contributed by atoms with Gasteiger partial charge in [-0.15, -0.1) is 0 Å². The van der Waals surface area contributed by atoms with Gasteiger partial charge in [0.05, 0.1) is 12.8 Å². The van der Waals surface area contributed by atoms with E-state index in [1.165, 1.54) is 6.33 Å². The zero-order chi connectivity index (χ0) is 14.5. The van der Waals surface area contributed by atoms with E-state index in [1.807, 2.05) is 38.4 Å². The lowest BCUT2D eigenvalue weighted by molar-refractivity contribution is 0.417. The maximum atomic E-state index is 6.05. The van der Waals surface area contributed by atoms with Crippen LogP contribution in [0.3, 0.4) is 0 Å². The molecule has 7 heteroatoms. The SMILES string of the molecule is COc1ccccc1Nc1ncnc(NN(C)C)c1N. The van der Waals surface area contributed by atoms with Crippen molar-refractivity contribution in [3.05, 3.63) is 30.6 Å². The van der Waals surface area contributed by atoms with Crippen molar-refractivity contribution < 1.29 is 4.74 Å². The number of benzene rings is 1. The first-order valence-electron chi connectivity index (χ1n) is 6.06. The molecule has 1 heterocycles. The van der Waals surface area contributed by atoms with Gasteiger partial charge in [0.25, 0.3) is 0 Å². The van der Waals surface area contributed by atoms with Crippen LogP contribution in [0.4, 0.5) is 23.0 Å². The van der Waals surface area contributed by atoms with E-state index in [9.17, 15) is 0 Å². The molecule has 0 spiro atoms. The largest absolute Gasteiger partial charge is 0.495 e. The highest BCUT2D eigenvalue weighted by molar-refractivity contribution is 5.78. The minimum absolute atomic E-state index is 0.437.